The summed E-state index contributed by atoms with van der Waals surface area (Å²) in [5.41, 5.74) is 5.71. The molecule has 0 saturated heterocycles. The van der Waals surface area contributed by atoms with E-state index in [4.69, 9.17) is 5.73 Å². The van der Waals surface area contributed by atoms with Gasteiger partial charge in [-0.1, -0.05) is 0 Å². The minimum atomic E-state index is -0.511. The molecule has 0 fully saturated rings. The molecule has 0 aromatic carbocycles. The maximum Gasteiger partial charge on any atom is 0.350 e. The molecule has 0 bridgehead atoms. The summed E-state index contributed by atoms with van der Waals surface area (Å²) in [6, 6.07) is 0. The van der Waals surface area contributed by atoms with E-state index in [1.54, 1.807) is 0 Å². The molecule has 2 rings (SSSR count). The van der Waals surface area contributed by atoms with E-state index in [0.717, 1.165) is 0 Å². The van der Waals surface area contributed by atoms with Gasteiger partial charge in [0.05, 0.1) is 0 Å². The fourth-order valence-corrected chi connectivity index (χ4v) is 1.29. The lowest BCUT2D eigenvalue weighted by molar-refractivity contribution is 0.0940. The number of carbonyl (C=O) groups is 1. The van der Waals surface area contributed by atoms with Crippen LogP contribution in [0.15, 0.2) is 11.1 Å². The summed E-state index contributed by atoms with van der Waals surface area (Å²) in [4.78, 5) is 30.2. The number of nitrogens with two attached hydrogens (primary N) is 1. The Hall–Kier alpha value is -2.18. The van der Waals surface area contributed by atoms with Gasteiger partial charge < -0.3 is 5.73 Å². The highest BCUT2D eigenvalue weighted by Crippen LogP contribution is 2.13. The average molecular weight is 207 g/mol. The molecular formula is C8H9N5O2. The van der Waals surface area contributed by atoms with E-state index in [1.165, 1.54) is 29.4 Å². The molecular weight excluding hydrogens is 198 g/mol. The first-order valence-corrected chi connectivity index (χ1v) is 4.23. The Kier molecular flexibility index (Phi) is 1.82. The smallest absolute Gasteiger partial charge is 0.350 e. The van der Waals surface area contributed by atoms with Crippen molar-refractivity contribution in [3.63, 3.8) is 0 Å². The van der Waals surface area contributed by atoms with E-state index in [-0.39, 0.29) is 17.4 Å². The average Bonchev–Trinajstić information content (AvgIpc) is 2.58. The number of carbonyl (C=O) groups excluding carboxylic acids is 1. The lowest BCUT2D eigenvalue weighted by Gasteiger charge is -2.02. The summed E-state index contributed by atoms with van der Waals surface area (Å²) in [5, 5.41) is 0. The zero-order valence-electron chi connectivity index (χ0n) is 8.26. The summed E-state index contributed by atoms with van der Waals surface area (Å²) in [5.74, 6) is -0.0670. The molecule has 2 aromatic heterocycles. The van der Waals surface area contributed by atoms with E-state index in [0.29, 0.717) is 5.52 Å². The highest BCUT2D eigenvalue weighted by molar-refractivity contribution is 5.90. The van der Waals surface area contributed by atoms with Crippen LogP contribution in [-0.4, -0.2) is 25.0 Å². The fourth-order valence-electron chi connectivity index (χ4n) is 1.29. The Morgan fingerprint density at radius 3 is 2.80 bits per heavy atom. The maximum atomic E-state index is 11.3. The van der Waals surface area contributed by atoms with Gasteiger partial charge in [-0.25, -0.2) is 9.78 Å². The number of rotatable bonds is 0. The van der Waals surface area contributed by atoms with E-state index >= 15 is 0 Å². The molecule has 0 unspecified atom stereocenters. The van der Waals surface area contributed by atoms with Crippen LogP contribution in [0, 0.1) is 0 Å². The number of hydrogen-bond acceptors (Lipinski definition) is 5. The largest absolute Gasteiger partial charge is 0.383 e. The first kappa shape index (κ1) is 9.38. The molecule has 2 heterocycles. The molecule has 0 aliphatic rings. The molecule has 0 amide bonds. The van der Waals surface area contributed by atoms with Crippen molar-refractivity contribution in [3.05, 3.63) is 16.8 Å². The van der Waals surface area contributed by atoms with Crippen LogP contribution in [0.5, 0.6) is 0 Å². The van der Waals surface area contributed by atoms with Crippen molar-refractivity contribution < 1.29 is 4.79 Å². The molecule has 0 atom stereocenters. The molecule has 15 heavy (non-hydrogen) atoms. The summed E-state index contributed by atoms with van der Waals surface area (Å²) in [7, 11) is 1.50. The monoisotopic (exact) mass is 207 g/mol. The number of nitrogen functional groups attached to an aromatic ring is 1. The zero-order chi connectivity index (χ0) is 11.2. The second-order valence-electron chi connectivity index (χ2n) is 3.14. The SMILES string of the molecule is CC(=O)n1cnc2c(N)n(C)c(=O)nc21. The van der Waals surface area contributed by atoms with Gasteiger partial charge in [-0.05, 0) is 0 Å². The van der Waals surface area contributed by atoms with Gasteiger partial charge in [0.1, 0.15) is 17.7 Å². The number of hydrogen-bond donors (Lipinski definition) is 1. The fraction of sp³-hybridized carbons (Fsp3) is 0.250. The van der Waals surface area contributed by atoms with Crippen molar-refractivity contribution in [2.24, 2.45) is 7.05 Å². The minimum Gasteiger partial charge on any atom is -0.383 e. The standard InChI is InChI=1S/C8H9N5O2/c1-4(14)13-3-10-5-6(9)12(2)8(15)11-7(5)13/h3H,9H2,1-2H3. The van der Waals surface area contributed by atoms with Crippen LogP contribution in [0.4, 0.5) is 5.82 Å². The van der Waals surface area contributed by atoms with E-state index < -0.39 is 5.69 Å². The molecule has 78 valence electrons. The van der Waals surface area contributed by atoms with Gasteiger partial charge in [-0.3, -0.25) is 13.9 Å². The summed E-state index contributed by atoms with van der Waals surface area (Å²) in [6.45, 7) is 1.36. The Morgan fingerprint density at radius 2 is 2.20 bits per heavy atom. The van der Waals surface area contributed by atoms with Crippen LogP contribution in [0.25, 0.3) is 11.2 Å². The van der Waals surface area contributed by atoms with Crippen molar-refractivity contribution >= 4 is 22.9 Å². The number of imidazole rings is 1. The predicted molar refractivity (Wildman–Crippen MR) is 53.5 cm³/mol. The zero-order valence-corrected chi connectivity index (χ0v) is 8.26. The second kappa shape index (κ2) is 2.91. The quantitative estimate of drug-likeness (QED) is 0.620. The summed E-state index contributed by atoms with van der Waals surface area (Å²) >= 11 is 0. The Balaban J connectivity index is 2.95. The van der Waals surface area contributed by atoms with Crippen LogP contribution in [0.3, 0.4) is 0 Å². The molecule has 0 radical (unpaired) electrons. The second-order valence-corrected chi connectivity index (χ2v) is 3.14. The number of nitrogens with zero attached hydrogens (tertiary/aromatic N) is 4. The Bertz CT molecular complexity index is 609. The van der Waals surface area contributed by atoms with Crippen LogP contribution in [0.1, 0.15) is 11.7 Å². The number of fused-ring (bicyclic) bond motifs is 1. The van der Waals surface area contributed by atoms with E-state index in [9.17, 15) is 9.59 Å². The highest BCUT2D eigenvalue weighted by atomic mass is 16.2. The molecule has 0 aliphatic carbocycles. The van der Waals surface area contributed by atoms with Crippen molar-refractivity contribution in [1.29, 1.82) is 0 Å². The number of aromatic nitrogens is 4. The van der Waals surface area contributed by atoms with Gasteiger partial charge in [0.15, 0.2) is 5.65 Å². The van der Waals surface area contributed by atoms with E-state index in [2.05, 4.69) is 9.97 Å². The predicted octanol–water partition coefficient (Wildman–Crippen LogP) is -0.628. The lowest BCUT2D eigenvalue weighted by Crippen LogP contribution is -2.23. The van der Waals surface area contributed by atoms with Crippen molar-refractivity contribution in [2.45, 2.75) is 6.92 Å². The molecule has 2 aromatic rings. The van der Waals surface area contributed by atoms with Gasteiger partial charge in [-0.15, -0.1) is 0 Å². The maximum absolute atomic E-state index is 11.3. The first-order valence-electron chi connectivity index (χ1n) is 4.23. The van der Waals surface area contributed by atoms with Gasteiger partial charge >= 0.3 is 5.69 Å². The van der Waals surface area contributed by atoms with Crippen LogP contribution in [-0.2, 0) is 7.05 Å². The third kappa shape index (κ3) is 1.20. The van der Waals surface area contributed by atoms with Crippen molar-refractivity contribution in [2.75, 3.05) is 5.73 Å². The summed E-state index contributed by atoms with van der Waals surface area (Å²) in [6.07, 6.45) is 1.30. The van der Waals surface area contributed by atoms with Crippen LogP contribution < -0.4 is 11.4 Å². The highest BCUT2D eigenvalue weighted by Gasteiger charge is 2.13. The summed E-state index contributed by atoms with van der Waals surface area (Å²) < 4.78 is 2.37. The molecule has 0 aliphatic heterocycles. The van der Waals surface area contributed by atoms with Crippen molar-refractivity contribution in [3.8, 4) is 0 Å². The van der Waals surface area contributed by atoms with E-state index in [1.807, 2.05) is 0 Å². The van der Waals surface area contributed by atoms with Gasteiger partial charge in [-0.2, -0.15) is 4.98 Å². The van der Waals surface area contributed by atoms with Crippen LogP contribution >= 0.6 is 0 Å². The van der Waals surface area contributed by atoms with Gasteiger partial charge in [0, 0.05) is 14.0 Å². The third-order valence-electron chi connectivity index (χ3n) is 2.17. The lowest BCUT2D eigenvalue weighted by atomic mass is 10.5. The normalized spacial score (nSPS) is 10.8. The Morgan fingerprint density at radius 1 is 1.53 bits per heavy atom. The molecule has 2 N–H and O–H groups in total. The first-order chi connectivity index (χ1) is 7.02. The van der Waals surface area contributed by atoms with Crippen LogP contribution in [0.2, 0.25) is 0 Å². The third-order valence-corrected chi connectivity index (χ3v) is 2.17. The van der Waals surface area contributed by atoms with Crippen molar-refractivity contribution in [1.82, 2.24) is 19.1 Å². The molecule has 7 heteroatoms. The van der Waals surface area contributed by atoms with Gasteiger partial charge in [0.2, 0.25) is 5.91 Å². The molecule has 0 spiro atoms. The number of anilines is 1. The minimum absolute atomic E-state index is 0.197. The van der Waals surface area contributed by atoms with Gasteiger partial charge in [0.25, 0.3) is 0 Å². The molecule has 0 saturated carbocycles. The topological polar surface area (TPSA) is 95.8 Å². The Labute approximate surface area is 84.2 Å². The molecule has 7 nitrogen and oxygen atoms in total.